The molecule has 16 heavy (non-hydrogen) atoms. The van der Waals surface area contributed by atoms with Crippen molar-refractivity contribution in [2.24, 2.45) is 7.05 Å². The van der Waals surface area contributed by atoms with E-state index in [1.165, 1.54) is 12.1 Å². The number of nitrogens with zero attached hydrogens (tertiary/aromatic N) is 2. The van der Waals surface area contributed by atoms with E-state index in [-0.39, 0.29) is 4.90 Å². The van der Waals surface area contributed by atoms with Gasteiger partial charge in [-0.3, -0.25) is 4.68 Å². The Morgan fingerprint density at radius 1 is 1.19 bits per heavy atom. The zero-order chi connectivity index (χ0) is 11.8. The monoisotopic (exact) mass is 256 g/mol. The molecule has 0 fully saturated rings. The van der Waals surface area contributed by atoms with Crippen molar-refractivity contribution < 1.29 is 8.42 Å². The van der Waals surface area contributed by atoms with E-state index in [2.05, 4.69) is 5.10 Å². The summed E-state index contributed by atoms with van der Waals surface area (Å²) in [6.07, 6.45) is 1.82. The minimum atomic E-state index is -3.65. The van der Waals surface area contributed by atoms with E-state index in [0.717, 1.165) is 11.3 Å². The molecule has 0 spiro atoms. The van der Waals surface area contributed by atoms with Crippen molar-refractivity contribution in [1.29, 1.82) is 0 Å². The Kier molecular flexibility index (Phi) is 2.73. The maximum absolute atomic E-state index is 11.0. The van der Waals surface area contributed by atoms with E-state index in [1.54, 1.807) is 16.8 Å². The Labute approximate surface area is 97.9 Å². The van der Waals surface area contributed by atoms with Gasteiger partial charge in [-0.15, -0.1) is 0 Å². The molecule has 0 atom stereocenters. The molecule has 4 nitrogen and oxygen atoms in total. The van der Waals surface area contributed by atoms with Gasteiger partial charge in [0.25, 0.3) is 9.05 Å². The zero-order valence-electron chi connectivity index (χ0n) is 8.46. The van der Waals surface area contributed by atoms with Crippen LogP contribution in [0.5, 0.6) is 0 Å². The summed E-state index contributed by atoms with van der Waals surface area (Å²) in [4.78, 5) is 0.0915. The lowest BCUT2D eigenvalue weighted by Gasteiger charge is -1.98. The van der Waals surface area contributed by atoms with E-state index in [4.69, 9.17) is 10.7 Å². The van der Waals surface area contributed by atoms with Crippen molar-refractivity contribution in [3.8, 4) is 11.3 Å². The molecule has 0 N–H and O–H groups in total. The van der Waals surface area contributed by atoms with Gasteiger partial charge in [0.2, 0.25) is 0 Å². The van der Waals surface area contributed by atoms with Crippen LogP contribution >= 0.6 is 10.7 Å². The van der Waals surface area contributed by atoms with E-state index in [1.807, 2.05) is 19.3 Å². The molecule has 0 saturated heterocycles. The van der Waals surface area contributed by atoms with Gasteiger partial charge in [-0.25, -0.2) is 8.42 Å². The van der Waals surface area contributed by atoms with Crippen molar-refractivity contribution >= 4 is 19.7 Å². The normalized spacial score (nSPS) is 11.6. The number of hydrogen-bond acceptors (Lipinski definition) is 3. The molecule has 0 aliphatic carbocycles. The van der Waals surface area contributed by atoms with Gasteiger partial charge in [0.05, 0.1) is 10.6 Å². The Morgan fingerprint density at radius 3 is 2.25 bits per heavy atom. The van der Waals surface area contributed by atoms with Crippen LogP contribution in [0.15, 0.2) is 41.4 Å². The van der Waals surface area contributed by atoms with Crippen molar-refractivity contribution in [2.45, 2.75) is 4.90 Å². The molecule has 0 bridgehead atoms. The van der Waals surface area contributed by atoms with Gasteiger partial charge in [0.1, 0.15) is 0 Å². The number of rotatable bonds is 2. The first kappa shape index (κ1) is 11.2. The van der Waals surface area contributed by atoms with Gasteiger partial charge < -0.3 is 0 Å². The Bertz CT molecular complexity index is 602. The lowest BCUT2D eigenvalue weighted by molar-refractivity contribution is 0.609. The molecule has 2 aromatic rings. The summed E-state index contributed by atoms with van der Waals surface area (Å²) in [7, 11) is 3.38. The third-order valence-corrected chi connectivity index (χ3v) is 3.51. The minimum absolute atomic E-state index is 0.0915. The van der Waals surface area contributed by atoms with Gasteiger partial charge in [0.15, 0.2) is 0 Å². The SMILES string of the molecule is Cn1ccc(-c2ccc(S(=O)(=O)Cl)cc2)n1. The summed E-state index contributed by atoms with van der Waals surface area (Å²) in [6.45, 7) is 0. The highest BCUT2D eigenvalue weighted by Crippen LogP contribution is 2.21. The Balaban J connectivity index is 2.40. The van der Waals surface area contributed by atoms with E-state index in [0.29, 0.717) is 0 Å². The predicted octanol–water partition coefficient (Wildman–Crippen LogP) is 2.01. The molecule has 0 radical (unpaired) electrons. The molecule has 1 aromatic heterocycles. The molecule has 0 unspecified atom stereocenters. The zero-order valence-corrected chi connectivity index (χ0v) is 10.0. The largest absolute Gasteiger partial charge is 0.275 e. The lowest BCUT2D eigenvalue weighted by atomic mass is 10.2. The van der Waals surface area contributed by atoms with Crippen LogP contribution in [0, 0.1) is 0 Å². The van der Waals surface area contributed by atoms with Crippen LogP contribution in [-0.2, 0) is 16.1 Å². The second-order valence-corrected chi connectivity index (χ2v) is 5.90. The third-order valence-electron chi connectivity index (χ3n) is 2.15. The first-order valence-electron chi connectivity index (χ1n) is 4.51. The molecule has 0 aliphatic rings. The number of aromatic nitrogens is 2. The fraction of sp³-hybridized carbons (Fsp3) is 0.100. The first-order valence-corrected chi connectivity index (χ1v) is 6.82. The molecule has 1 aromatic carbocycles. The van der Waals surface area contributed by atoms with Gasteiger partial charge in [-0.2, -0.15) is 5.10 Å². The number of aryl methyl sites for hydroxylation is 1. The number of hydrogen-bond donors (Lipinski definition) is 0. The summed E-state index contributed by atoms with van der Waals surface area (Å²) in [6, 6.07) is 8.14. The third kappa shape index (κ3) is 2.25. The Morgan fingerprint density at radius 2 is 1.81 bits per heavy atom. The summed E-state index contributed by atoms with van der Waals surface area (Å²) >= 11 is 0. The smallest absolute Gasteiger partial charge is 0.261 e. The van der Waals surface area contributed by atoms with Crippen LogP contribution in [-0.4, -0.2) is 18.2 Å². The first-order chi connectivity index (χ1) is 7.47. The van der Waals surface area contributed by atoms with Crippen LogP contribution in [0.4, 0.5) is 0 Å². The molecular formula is C10H9ClN2O2S. The fourth-order valence-corrected chi connectivity index (χ4v) is 2.13. The highest BCUT2D eigenvalue weighted by Gasteiger charge is 2.09. The summed E-state index contributed by atoms with van der Waals surface area (Å²) in [5, 5.41) is 4.21. The second kappa shape index (κ2) is 3.92. The van der Waals surface area contributed by atoms with Crippen LogP contribution in [0.25, 0.3) is 11.3 Å². The molecule has 84 valence electrons. The van der Waals surface area contributed by atoms with Gasteiger partial charge in [0, 0.05) is 29.5 Å². The highest BCUT2D eigenvalue weighted by atomic mass is 35.7. The fourth-order valence-electron chi connectivity index (χ4n) is 1.36. The van der Waals surface area contributed by atoms with Crippen molar-refractivity contribution in [2.75, 3.05) is 0 Å². The molecule has 2 rings (SSSR count). The lowest BCUT2D eigenvalue weighted by Crippen LogP contribution is -1.91. The topological polar surface area (TPSA) is 52.0 Å². The van der Waals surface area contributed by atoms with Crippen LogP contribution in [0.3, 0.4) is 0 Å². The molecule has 0 saturated carbocycles. The molecule has 1 heterocycles. The van der Waals surface area contributed by atoms with E-state index in [9.17, 15) is 8.42 Å². The quantitative estimate of drug-likeness (QED) is 0.773. The summed E-state index contributed by atoms with van der Waals surface area (Å²) in [5.41, 5.74) is 1.64. The second-order valence-electron chi connectivity index (χ2n) is 3.34. The number of benzene rings is 1. The average molecular weight is 257 g/mol. The molecular weight excluding hydrogens is 248 g/mol. The number of halogens is 1. The van der Waals surface area contributed by atoms with Crippen molar-refractivity contribution in [1.82, 2.24) is 9.78 Å². The van der Waals surface area contributed by atoms with Gasteiger partial charge in [-0.1, -0.05) is 12.1 Å². The molecule has 0 amide bonds. The maximum Gasteiger partial charge on any atom is 0.261 e. The van der Waals surface area contributed by atoms with Crippen molar-refractivity contribution in [3.63, 3.8) is 0 Å². The summed E-state index contributed by atoms with van der Waals surface area (Å²) < 4.78 is 23.7. The van der Waals surface area contributed by atoms with Crippen LogP contribution < -0.4 is 0 Å². The predicted molar refractivity (Wildman–Crippen MR) is 61.7 cm³/mol. The van der Waals surface area contributed by atoms with Crippen molar-refractivity contribution in [3.05, 3.63) is 36.5 Å². The molecule has 0 aliphatic heterocycles. The average Bonchev–Trinajstić information content (AvgIpc) is 2.64. The van der Waals surface area contributed by atoms with Gasteiger partial charge in [-0.05, 0) is 18.2 Å². The van der Waals surface area contributed by atoms with Crippen LogP contribution in [0.2, 0.25) is 0 Å². The van der Waals surface area contributed by atoms with E-state index < -0.39 is 9.05 Å². The Hall–Kier alpha value is -1.33. The van der Waals surface area contributed by atoms with Gasteiger partial charge >= 0.3 is 0 Å². The standard InChI is InChI=1S/C10H9ClN2O2S/c1-13-7-6-10(12-13)8-2-4-9(5-3-8)16(11,14)15/h2-7H,1H3. The minimum Gasteiger partial charge on any atom is -0.275 e. The highest BCUT2D eigenvalue weighted by molar-refractivity contribution is 8.13. The van der Waals surface area contributed by atoms with E-state index >= 15 is 0 Å². The molecule has 6 heteroatoms. The maximum atomic E-state index is 11.0. The summed E-state index contributed by atoms with van der Waals surface area (Å²) in [5.74, 6) is 0. The van der Waals surface area contributed by atoms with Crippen LogP contribution in [0.1, 0.15) is 0 Å².